The zero-order chi connectivity index (χ0) is 16.6. The number of aromatic amines is 1. The van der Waals surface area contributed by atoms with Gasteiger partial charge in [-0.1, -0.05) is 6.07 Å². The number of fused-ring (bicyclic) bond motifs is 1. The van der Waals surface area contributed by atoms with E-state index in [1.165, 1.54) is 12.1 Å². The number of aromatic nitrogens is 1. The number of hydrogen-bond acceptors (Lipinski definition) is 4. The van der Waals surface area contributed by atoms with Crippen molar-refractivity contribution in [3.63, 3.8) is 0 Å². The highest BCUT2D eigenvalue weighted by Gasteiger charge is 2.21. The van der Waals surface area contributed by atoms with Gasteiger partial charge in [0.25, 0.3) is 5.91 Å². The smallest absolute Gasteiger partial charge is 0.268 e. The number of H-pyrrole nitrogens is 1. The van der Waals surface area contributed by atoms with Gasteiger partial charge >= 0.3 is 0 Å². The SMILES string of the molecule is CS(=O)(=O)Nc1cccc2c(=O)cc(C(=O)NC3CCC3)[nH]c12. The molecular weight excluding hydrogens is 318 g/mol. The number of sulfonamides is 1. The first-order valence-electron chi connectivity index (χ1n) is 7.28. The molecule has 1 amide bonds. The Bertz CT molecular complexity index is 929. The quantitative estimate of drug-likeness (QED) is 0.779. The molecule has 1 aromatic heterocycles. The number of carbonyl (C=O) groups is 1. The molecule has 0 radical (unpaired) electrons. The van der Waals surface area contributed by atoms with Crippen molar-refractivity contribution in [2.75, 3.05) is 11.0 Å². The normalized spacial score (nSPS) is 15.2. The van der Waals surface area contributed by atoms with Crippen molar-refractivity contribution < 1.29 is 13.2 Å². The highest BCUT2D eigenvalue weighted by atomic mass is 32.2. The molecule has 0 saturated heterocycles. The van der Waals surface area contributed by atoms with E-state index < -0.39 is 10.0 Å². The number of pyridine rings is 1. The second kappa shape index (κ2) is 5.69. The van der Waals surface area contributed by atoms with Crippen LogP contribution in [0.4, 0.5) is 5.69 Å². The Hall–Kier alpha value is -2.35. The minimum Gasteiger partial charge on any atom is -0.349 e. The second-order valence-corrected chi connectivity index (χ2v) is 7.50. The van der Waals surface area contributed by atoms with Crippen molar-refractivity contribution in [2.24, 2.45) is 0 Å². The molecule has 2 aromatic rings. The third kappa shape index (κ3) is 3.37. The lowest BCUT2D eigenvalue weighted by Crippen LogP contribution is -2.40. The molecule has 1 aliphatic rings. The molecule has 1 saturated carbocycles. The van der Waals surface area contributed by atoms with Crippen LogP contribution in [0.1, 0.15) is 29.8 Å². The molecule has 3 N–H and O–H groups in total. The number of amides is 1. The van der Waals surface area contributed by atoms with Crippen LogP contribution >= 0.6 is 0 Å². The molecule has 1 fully saturated rings. The Kier molecular flexibility index (Phi) is 3.85. The van der Waals surface area contributed by atoms with Gasteiger partial charge in [-0.15, -0.1) is 0 Å². The van der Waals surface area contributed by atoms with E-state index in [-0.39, 0.29) is 28.8 Å². The number of para-hydroxylation sites is 1. The fraction of sp³-hybridized carbons (Fsp3) is 0.333. The molecule has 8 heteroatoms. The average molecular weight is 335 g/mol. The molecule has 7 nitrogen and oxygen atoms in total. The summed E-state index contributed by atoms with van der Waals surface area (Å²) in [5.41, 5.74) is 0.316. The highest BCUT2D eigenvalue weighted by Crippen LogP contribution is 2.21. The molecule has 1 aliphatic carbocycles. The minimum absolute atomic E-state index is 0.122. The predicted octanol–water partition coefficient (Wildman–Crippen LogP) is 1.18. The van der Waals surface area contributed by atoms with Crippen LogP contribution in [0.3, 0.4) is 0 Å². The third-order valence-corrected chi connectivity index (χ3v) is 4.44. The van der Waals surface area contributed by atoms with Crippen molar-refractivity contribution in [1.82, 2.24) is 10.3 Å². The van der Waals surface area contributed by atoms with E-state index >= 15 is 0 Å². The average Bonchev–Trinajstić information content (AvgIpc) is 2.41. The van der Waals surface area contributed by atoms with Crippen molar-refractivity contribution in [1.29, 1.82) is 0 Å². The lowest BCUT2D eigenvalue weighted by atomic mass is 9.93. The summed E-state index contributed by atoms with van der Waals surface area (Å²) in [6.45, 7) is 0. The van der Waals surface area contributed by atoms with E-state index in [4.69, 9.17) is 0 Å². The fourth-order valence-electron chi connectivity index (χ4n) is 2.49. The maximum absolute atomic E-state index is 12.2. The molecule has 0 unspecified atom stereocenters. The van der Waals surface area contributed by atoms with E-state index in [1.54, 1.807) is 12.1 Å². The van der Waals surface area contributed by atoms with E-state index in [1.807, 2.05) is 0 Å². The highest BCUT2D eigenvalue weighted by molar-refractivity contribution is 7.92. The molecule has 1 aromatic carbocycles. The first-order valence-corrected chi connectivity index (χ1v) is 9.17. The molecule has 23 heavy (non-hydrogen) atoms. The summed E-state index contributed by atoms with van der Waals surface area (Å²) in [4.78, 5) is 27.3. The van der Waals surface area contributed by atoms with Crippen LogP contribution in [0.5, 0.6) is 0 Å². The van der Waals surface area contributed by atoms with Gasteiger partial charge in [-0.2, -0.15) is 0 Å². The number of benzene rings is 1. The Labute approximate surface area is 133 Å². The van der Waals surface area contributed by atoms with Crippen LogP contribution in [0.15, 0.2) is 29.1 Å². The molecule has 122 valence electrons. The van der Waals surface area contributed by atoms with Crippen molar-refractivity contribution in [3.05, 3.63) is 40.2 Å². The lowest BCUT2D eigenvalue weighted by molar-refractivity contribution is 0.0912. The Balaban J connectivity index is 2.05. The molecular formula is C15H17N3O4S. The summed E-state index contributed by atoms with van der Waals surface area (Å²) < 4.78 is 25.3. The van der Waals surface area contributed by atoms with Gasteiger partial charge in [0.2, 0.25) is 10.0 Å². The summed E-state index contributed by atoms with van der Waals surface area (Å²) in [6, 6.07) is 6.08. The maximum atomic E-state index is 12.2. The van der Waals surface area contributed by atoms with Crippen molar-refractivity contribution >= 4 is 32.5 Å². The first-order chi connectivity index (χ1) is 10.8. The van der Waals surface area contributed by atoms with Crippen molar-refractivity contribution in [3.8, 4) is 0 Å². The van der Waals surface area contributed by atoms with Crippen LogP contribution in [0.25, 0.3) is 10.9 Å². The second-order valence-electron chi connectivity index (χ2n) is 5.75. The molecule has 0 aliphatic heterocycles. The van der Waals surface area contributed by atoms with Gasteiger partial charge in [0.15, 0.2) is 5.43 Å². The van der Waals surface area contributed by atoms with Gasteiger partial charge in [-0.3, -0.25) is 14.3 Å². The lowest BCUT2D eigenvalue weighted by Gasteiger charge is -2.26. The zero-order valence-corrected chi connectivity index (χ0v) is 13.4. The fourth-order valence-corrected chi connectivity index (χ4v) is 3.06. The van der Waals surface area contributed by atoms with Gasteiger partial charge in [0, 0.05) is 17.5 Å². The van der Waals surface area contributed by atoms with Crippen LogP contribution in [0.2, 0.25) is 0 Å². The number of anilines is 1. The maximum Gasteiger partial charge on any atom is 0.268 e. The van der Waals surface area contributed by atoms with Crippen LogP contribution < -0.4 is 15.5 Å². The van der Waals surface area contributed by atoms with E-state index in [2.05, 4.69) is 15.0 Å². The zero-order valence-electron chi connectivity index (χ0n) is 12.5. The monoisotopic (exact) mass is 335 g/mol. The third-order valence-electron chi connectivity index (χ3n) is 3.85. The Morgan fingerprint density at radius 3 is 2.65 bits per heavy atom. The van der Waals surface area contributed by atoms with Crippen LogP contribution in [-0.2, 0) is 10.0 Å². The van der Waals surface area contributed by atoms with E-state index in [0.717, 1.165) is 25.5 Å². The van der Waals surface area contributed by atoms with E-state index in [0.29, 0.717) is 10.9 Å². The number of carbonyl (C=O) groups excluding carboxylic acids is 1. The molecule has 0 spiro atoms. The summed E-state index contributed by atoms with van der Waals surface area (Å²) in [5, 5.41) is 3.16. The van der Waals surface area contributed by atoms with Crippen LogP contribution in [0, 0.1) is 0 Å². The van der Waals surface area contributed by atoms with Gasteiger partial charge in [0.05, 0.1) is 17.5 Å². The molecule has 0 bridgehead atoms. The largest absolute Gasteiger partial charge is 0.349 e. The molecule has 0 atom stereocenters. The number of nitrogens with one attached hydrogen (secondary N) is 3. The van der Waals surface area contributed by atoms with Crippen molar-refractivity contribution in [2.45, 2.75) is 25.3 Å². The van der Waals surface area contributed by atoms with Gasteiger partial charge in [-0.25, -0.2) is 8.42 Å². The molecule has 3 rings (SSSR count). The molecule has 1 heterocycles. The van der Waals surface area contributed by atoms with E-state index in [9.17, 15) is 18.0 Å². The van der Waals surface area contributed by atoms with Gasteiger partial charge in [-0.05, 0) is 31.4 Å². The first kappa shape index (κ1) is 15.5. The minimum atomic E-state index is -3.50. The number of rotatable bonds is 4. The van der Waals surface area contributed by atoms with Gasteiger partial charge in [0.1, 0.15) is 5.69 Å². The standard InChI is InChI=1S/C15H17N3O4S/c1-23(21,22)18-11-7-3-6-10-13(19)8-12(17-14(10)11)15(20)16-9-4-2-5-9/h3,6-9,18H,2,4-5H2,1H3,(H,16,20)(H,17,19). The summed E-state index contributed by atoms with van der Waals surface area (Å²) >= 11 is 0. The Morgan fingerprint density at radius 2 is 2.04 bits per heavy atom. The topological polar surface area (TPSA) is 108 Å². The van der Waals surface area contributed by atoms with Crippen LogP contribution in [-0.4, -0.2) is 31.6 Å². The number of hydrogen-bond donors (Lipinski definition) is 3. The summed E-state index contributed by atoms with van der Waals surface area (Å²) in [6.07, 6.45) is 3.98. The predicted molar refractivity (Wildman–Crippen MR) is 88.1 cm³/mol. The van der Waals surface area contributed by atoms with Gasteiger partial charge < -0.3 is 10.3 Å². The summed E-state index contributed by atoms with van der Waals surface area (Å²) in [5.74, 6) is -0.358. The summed E-state index contributed by atoms with van der Waals surface area (Å²) in [7, 11) is -3.50. The Morgan fingerprint density at radius 1 is 1.30 bits per heavy atom.